The maximum atomic E-state index is 12.9. The molecule has 1 amide bonds. The third-order valence-electron chi connectivity index (χ3n) is 4.53. The number of carbonyl (C=O) groups excluding carboxylic acids is 2. The molecule has 0 radical (unpaired) electrons. The second-order valence-electron chi connectivity index (χ2n) is 6.45. The summed E-state index contributed by atoms with van der Waals surface area (Å²) in [6.45, 7) is 0. The summed E-state index contributed by atoms with van der Waals surface area (Å²) in [6.07, 6.45) is 4.75. The van der Waals surface area contributed by atoms with Crippen LogP contribution in [0.2, 0.25) is 0 Å². The Morgan fingerprint density at radius 1 is 0.935 bits per heavy atom. The summed E-state index contributed by atoms with van der Waals surface area (Å²) < 4.78 is 5.33. The first-order valence-electron chi connectivity index (χ1n) is 8.97. The minimum absolute atomic E-state index is 0. The van der Waals surface area contributed by atoms with Crippen LogP contribution < -0.4 is 40.0 Å². The number of phenols is 1. The normalized spacial score (nSPS) is 10.2. The van der Waals surface area contributed by atoms with Crippen LogP contribution in [0.15, 0.2) is 83.7 Å². The van der Waals surface area contributed by atoms with Crippen molar-refractivity contribution in [2.75, 3.05) is 5.32 Å². The summed E-state index contributed by atoms with van der Waals surface area (Å²) in [5.74, 6) is -1.84. The van der Waals surface area contributed by atoms with Crippen LogP contribution in [0.5, 0.6) is 5.75 Å². The van der Waals surface area contributed by atoms with Crippen LogP contribution in [0.25, 0.3) is 22.5 Å². The van der Waals surface area contributed by atoms with E-state index in [1.165, 1.54) is 30.5 Å². The first-order valence-corrected chi connectivity index (χ1v) is 8.97. The second-order valence-corrected chi connectivity index (χ2v) is 6.45. The first-order chi connectivity index (χ1) is 14.5. The molecule has 0 aliphatic heterocycles. The van der Waals surface area contributed by atoms with E-state index in [4.69, 9.17) is 4.42 Å². The monoisotopic (exact) mass is 422 g/mol. The Hall–Kier alpha value is -3.39. The van der Waals surface area contributed by atoms with Gasteiger partial charge in [-0.3, -0.25) is 9.78 Å². The number of benzene rings is 2. The number of carbonyl (C=O) groups is 2. The molecule has 2 aromatic carbocycles. The predicted molar refractivity (Wildman–Crippen MR) is 108 cm³/mol. The second kappa shape index (κ2) is 9.61. The van der Waals surface area contributed by atoms with Gasteiger partial charge in [0.05, 0.1) is 23.5 Å². The number of anilines is 1. The maximum absolute atomic E-state index is 12.9. The molecule has 4 rings (SSSR count). The fraction of sp³-hybridized carbons (Fsp3) is 0. The average molecular weight is 422 g/mol. The SMILES string of the molecule is O=C(Nc1cc(-c2ccco2)ccc1C(=O)[O-])c1cc(-c2cccnc2)ccc1O.[Na+]. The van der Waals surface area contributed by atoms with Crippen molar-refractivity contribution < 1.29 is 53.8 Å². The summed E-state index contributed by atoms with van der Waals surface area (Å²) in [7, 11) is 0. The van der Waals surface area contributed by atoms with Gasteiger partial charge in [-0.1, -0.05) is 24.3 Å². The van der Waals surface area contributed by atoms with Gasteiger partial charge in [-0.2, -0.15) is 0 Å². The van der Waals surface area contributed by atoms with Crippen molar-refractivity contribution in [1.29, 1.82) is 0 Å². The number of rotatable bonds is 5. The van der Waals surface area contributed by atoms with E-state index in [1.54, 1.807) is 42.7 Å². The van der Waals surface area contributed by atoms with E-state index in [2.05, 4.69) is 10.3 Å². The quantitative estimate of drug-likeness (QED) is 0.448. The Bertz CT molecular complexity index is 1220. The summed E-state index contributed by atoms with van der Waals surface area (Å²) in [4.78, 5) is 28.4. The number of aromatic hydroxyl groups is 1. The van der Waals surface area contributed by atoms with Crippen molar-refractivity contribution in [3.63, 3.8) is 0 Å². The number of phenolic OH excluding ortho intramolecular Hbond substituents is 1. The number of aromatic carboxylic acids is 1. The minimum Gasteiger partial charge on any atom is -0.545 e. The summed E-state index contributed by atoms with van der Waals surface area (Å²) in [5.41, 5.74) is 1.84. The number of amides is 1. The van der Waals surface area contributed by atoms with Gasteiger partial charge in [0.1, 0.15) is 11.5 Å². The number of aromatic nitrogens is 1. The minimum atomic E-state index is -1.44. The van der Waals surface area contributed by atoms with Gasteiger partial charge < -0.3 is 24.7 Å². The molecule has 0 aliphatic rings. The molecule has 0 spiro atoms. The van der Waals surface area contributed by atoms with E-state index in [-0.39, 0.29) is 52.1 Å². The number of hydrogen-bond donors (Lipinski definition) is 2. The number of carboxylic acids is 1. The number of carboxylic acid groups (broad SMARTS) is 1. The van der Waals surface area contributed by atoms with Gasteiger partial charge in [0.15, 0.2) is 0 Å². The molecule has 2 heterocycles. The molecule has 0 fully saturated rings. The van der Waals surface area contributed by atoms with Gasteiger partial charge >= 0.3 is 29.6 Å². The van der Waals surface area contributed by atoms with Crippen molar-refractivity contribution >= 4 is 17.6 Å². The van der Waals surface area contributed by atoms with Crippen LogP contribution in [0, 0.1) is 0 Å². The third-order valence-corrected chi connectivity index (χ3v) is 4.53. The molecule has 0 saturated heterocycles. The molecule has 2 aromatic heterocycles. The van der Waals surface area contributed by atoms with Gasteiger partial charge in [-0.25, -0.2) is 0 Å². The van der Waals surface area contributed by atoms with Crippen LogP contribution >= 0.6 is 0 Å². The topological polar surface area (TPSA) is 115 Å². The molecule has 4 aromatic rings. The molecular weight excluding hydrogens is 407 g/mol. The Kier molecular flexibility index (Phi) is 6.91. The van der Waals surface area contributed by atoms with Gasteiger partial charge in [0.2, 0.25) is 0 Å². The Morgan fingerprint density at radius 2 is 1.74 bits per heavy atom. The molecular formula is C23H15N2NaO5. The molecule has 8 heteroatoms. The van der Waals surface area contributed by atoms with Gasteiger partial charge in [-0.05, 0) is 42.0 Å². The molecule has 31 heavy (non-hydrogen) atoms. The first kappa shape index (κ1) is 22.3. The van der Waals surface area contributed by atoms with Gasteiger partial charge in [0, 0.05) is 29.1 Å². The van der Waals surface area contributed by atoms with E-state index < -0.39 is 11.9 Å². The zero-order chi connectivity index (χ0) is 21.1. The van der Waals surface area contributed by atoms with Crippen molar-refractivity contribution in [3.05, 3.63) is 90.4 Å². The van der Waals surface area contributed by atoms with Crippen LogP contribution in [0.1, 0.15) is 20.7 Å². The molecule has 7 nitrogen and oxygen atoms in total. The van der Waals surface area contributed by atoms with E-state index in [0.29, 0.717) is 16.9 Å². The van der Waals surface area contributed by atoms with E-state index in [9.17, 15) is 19.8 Å². The molecule has 0 unspecified atom stereocenters. The molecule has 0 saturated carbocycles. The number of pyridine rings is 1. The molecule has 0 atom stereocenters. The van der Waals surface area contributed by atoms with Crippen molar-refractivity contribution in [1.82, 2.24) is 4.98 Å². The van der Waals surface area contributed by atoms with Crippen LogP contribution in [0.4, 0.5) is 5.69 Å². The van der Waals surface area contributed by atoms with Crippen molar-refractivity contribution in [2.24, 2.45) is 0 Å². The third kappa shape index (κ3) is 4.86. The largest absolute Gasteiger partial charge is 1.00 e. The fourth-order valence-corrected chi connectivity index (χ4v) is 3.04. The smallest absolute Gasteiger partial charge is 0.545 e. The van der Waals surface area contributed by atoms with Gasteiger partial charge in [-0.15, -0.1) is 0 Å². The Balaban J connectivity index is 0.00000272. The van der Waals surface area contributed by atoms with E-state index in [1.807, 2.05) is 6.07 Å². The van der Waals surface area contributed by atoms with Crippen molar-refractivity contribution in [3.8, 4) is 28.2 Å². The molecule has 2 N–H and O–H groups in total. The van der Waals surface area contributed by atoms with Gasteiger partial charge in [0.25, 0.3) is 5.91 Å². The predicted octanol–water partition coefficient (Wildman–Crippen LogP) is 0.334. The number of hydrogen-bond acceptors (Lipinski definition) is 6. The number of nitrogens with zero attached hydrogens (tertiary/aromatic N) is 1. The zero-order valence-corrected chi connectivity index (χ0v) is 18.5. The van der Waals surface area contributed by atoms with Crippen LogP contribution in [-0.2, 0) is 0 Å². The average Bonchev–Trinajstić information content (AvgIpc) is 3.29. The Morgan fingerprint density at radius 3 is 2.42 bits per heavy atom. The van der Waals surface area contributed by atoms with E-state index in [0.717, 1.165) is 5.56 Å². The van der Waals surface area contributed by atoms with Crippen molar-refractivity contribution in [2.45, 2.75) is 0 Å². The fourth-order valence-electron chi connectivity index (χ4n) is 3.04. The molecule has 0 bridgehead atoms. The number of nitrogens with one attached hydrogen (secondary N) is 1. The number of furan rings is 1. The van der Waals surface area contributed by atoms with E-state index >= 15 is 0 Å². The van der Waals surface area contributed by atoms with Crippen LogP contribution in [0.3, 0.4) is 0 Å². The zero-order valence-electron chi connectivity index (χ0n) is 16.5. The summed E-state index contributed by atoms with van der Waals surface area (Å²) in [5, 5.41) is 24.2. The summed E-state index contributed by atoms with van der Waals surface area (Å²) >= 11 is 0. The van der Waals surface area contributed by atoms with Crippen LogP contribution in [-0.4, -0.2) is 22.0 Å². The molecule has 148 valence electrons. The summed E-state index contributed by atoms with van der Waals surface area (Å²) in [6, 6.07) is 15.9. The maximum Gasteiger partial charge on any atom is 1.00 e. The Labute approximate surface area is 199 Å². The molecule has 0 aliphatic carbocycles. The standard InChI is InChI=1S/C23H16N2O5.Na/c26-20-8-6-14(16-3-1-9-24-13-16)11-18(20)22(27)25-19-12-15(21-4-2-10-30-21)5-7-17(19)23(28)29;/h1-13,26H,(H,25,27)(H,28,29);/q;+1/p-1.